The third kappa shape index (κ3) is 2.55. The molecule has 1 heterocycles. The molecule has 27 heavy (non-hydrogen) atoms. The molecule has 0 saturated heterocycles. The number of nitriles is 1. The number of benzene rings is 1. The molecule has 1 aromatic heterocycles. The monoisotopic (exact) mass is 361 g/mol. The highest BCUT2D eigenvalue weighted by molar-refractivity contribution is 6.02. The maximum Gasteiger partial charge on any atom is 0.176 e. The molecule has 1 aromatic carbocycles. The number of Topliss-reactive ketones (excluding diaryl/α,β-unsaturated/α-hetero) is 1. The Bertz CT molecular complexity index is 967. The number of allylic oxidation sites excluding steroid dienone is 2. The largest absolute Gasteiger partial charge is 0.396 e. The Labute approximate surface area is 159 Å². The number of para-hydroxylation sites is 1. The SMILES string of the molecule is C[C@@H]1C(=O)C(C#N)=C[C@]2(C)c3nc(CCO)n(-c4ccccc4)c3CC[C@@H]12. The van der Waals surface area contributed by atoms with Crippen molar-refractivity contribution in [3.8, 4) is 11.8 Å². The van der Waals surface area contributed by atoms with E-state index < -0.39 is 5.41 Å². The zero-order valence-corrected chi connectivity index (χ0v) is 15.6. The average Bonchev–Trinajstić information content (AvgIpc) is 3.05. The van der Waals surface area contributed by atoms with E-state index >= 15 is 0 Å². The van der Waals surface area contributed by atoms with Crippen molar-refractivity contribution >= 4 is 5.78 Å². The first-order valence-electron chi connectivity index (χ1n) is 9.45. The summed E-state index contributed by atoms with van der Waals surface area (Å²) in [6.07, 6.45) is 4.01. The van der Waals surface area contributed by atoms with Crippen LogP contribution in [0.1, 0.15) is 37.5 Å². The van der Waals surface area contributed by atoms with E-state index in [1.165, 1.54) is 0 Å². The zero-order valence-electron chi connectivity index (χ0n) is 15.6. The van der Waals surface area contributed by atoms with Gasteiger partial charge in [0.25, 0.3) is 0 Å². The summed E-state index contributed by atoms with van der Waals surface area (Å²) < 4.78 is 2.15. The molecule has 0 bridgehead atoms. The second-order valence-corrected chi connectivity index (χ2v) is 7.72. The van der Waals surface area contributed by atoms with Gasteiger partial charge in [0.15, 0.2) is 5.78 Å². The van der Waals surface area contributed by atoms with Crippen LogP contribution in [0.5, 0.6) is 0 Å². The van der Waals surface area contributed by atoms with Crippen molar-refractivity contribution in [2.75, 3.05) is 6.61 Å². The van der Waals surface area contributed by atoms with E-state index in [0.717, 1.165) is 35.7 Å². The van der Waals surface area contributed by atoms with Gasteiger partial charge in [-0.05, 0) is 30.9 Å². The van der Waals surface area contributed by atoms with Crippen LogP contribution in [0.3, 0.4) is 0 Å². The van der Waals surface area contributed by atoms with Gasteiger partial charge in [0.05, 0.1) is 17.9 Å². The van der Waals surface area contributed by atoms with Crippen LogP contribution in [-0.4, -0.2) is 27.0 Å². The summed E-state index contributed by atoms with van der Waals surface area (Å²) in [6.45, 7) is 4.06. The highest BCUT2D eigenvalue weighted by atomic mass is 16.3. The molecule has 0 spiro atoms. The smallest absolute Gasteiger partial charge is 0.176 e. The summed E-state index contributed by atoms with van der Waals surface area (Å²) in [7, 11) is 0. The second-order valence-electron chi connectivity index (χ2n) is 7.72. The van der Waals surface area contributed by atoms with Crippen molar-refractivity contribution in [2.45, 2.75) is 38.5 Å². The van der Waals surface area contributed by atoms with Crippen LogP contribution < -0.4 is 0 Å². The summed E-state index contributed by atoms with van der Waals surface area (Å²) in [5, 5.41) is 19.0. The lowest BCUT2D eigenvalue weighted by molar-refractivity contribution is -0.121. The van der Waals surface area contributed by atoms with Gasteiger partial charge in [-0.2, -0.15) is 5.26 Å². The van der Waals surface area contributed by atoms with Gasteiger partial charge < -0.3 is 9.67 Å². The molecule has 5 nitrogen and oxygen atoms in total. The first-order chi connectivity index (χ1) is 13.0. The predicted octanol–water partition coefficient (Wildman–Crippen LogP) is 2.90. The van der Waals surface area contributed by atoms with Crippen LogP contribution in [0.2, 0.25) is 0 Å². The molecule has 1 N–H and O–H groups in total. The molecule has 0 amide bonds. The van der Waals surface area contributed by atoms with Crippen LogP contribution >= 0.6 is 0 Å². The van der Waals surface area contributed by atoms with E-state index in [4.69, 9.17) is 4.98 Å². The van der Waals surface area contributed by atoms with Crippen molar-refractivity contribution in [2.24, 2.45) is 11.8 Å². The number of aliphatic hydroxyl groups excluding tert-OH is 1. The third-order valence-electron chi connectivity index (χ3n) is 6.21. The molecule has 0 radical (unpaired) electrons. The number of aromatic nitrogens is 2. The van der Waals surface area contributed by atoms with E-state index in [0.29, 0.717) is 6.42 Å². The minimum atomic E-state index is -0.448. The summed E-state index contributed by atoms with van der Waals surface area (Å²) in [4.78, 5) is 17.5. The van der Waals surface area contributed by atoms with Gasteiger partial charge in [-0.15, -0.1) is 0 Å². The van der Waals surface area contributed by atoms with Crippen molar-refractivity contribution in [3.05, 3.63) is 59.2 Å². The number of hydrogen-bond acceptors (Lipinski definition) is 4. The van der Waals surface area contributed by atoms with E-state index in [1.807, 2.05) is 43.3 Å². The molecule has 2 aromatic rings. The van der Waals surface area contributed by atoms with Gasteiger partial charge in [-0.1, -0.05) is 38.1 Å². The molecule has 4 rings (SSSR count). The Morgan fingerprint density at radius 1 is 1.37 bits per heavy atom. The number of carbonyl (C=O) groups is 1. The number of carbonyl (C=O) groups excluding carboxylic acids is 1. The Kier molecular flexibility index (Phi) is 4.24. The number of imidazole rings is 1. The molecule has 0 aliphatic heterocycles. The van der Waals surface area contributed by atoms with E-state index in [-0.39, 0.29) is 29.8 Å². The van der Waals surface area contributed by atoms with Crippen molar-refractivity contribution < 1.29 is 9.90 Å². The van der Waals surface area contributed by atoms with E-state index in [1.54, 1.807) is 0 Å². The Morgan fingerprint density at radius 3 is 2.78 bits per heavy atom. The molecular formula is C22H23N3O2. The van der Waals surface area contributed by atoms with E-state index in [9.17, 15) is 15.2 Å². The molecule has 3 atom stereocenters. The van der Waals surface area contributed by atoms with Gasteiger partial charge >= 0.3 is 0 Å². The summed E-state index contributed by atoms with van der Waals surface area (Å²) in [5.41, 5.74) is 2.89. The fraction of sp³-hybridized carbons (Fsp3) is 0.409. The lowest BCUT2D eigenvalue weighted by Crippen LogP contribution is -2.45. The first kappa shape index (κ1) is 17.7. The van der Waals surface area contributed by atoms with Crippen LogP contribution in [0, 0.1) is 23.2 Å². The normalized spacial score (nSPS) is 26.7. The Balaban J connectivity index is 1.95. The van der Waals surface area contributed by atoms with Gasteiger partial charge in [0.2, 0.25) is 0 Å². The van der Waals surface area contributed by atoms with Crippen LogP contribution in [0.25, 0.3) is 5.69 Å². The van der Waals surface area contributed by atoms with Crippen molar-refractivity contribution in [1.29, 1.82) is 5.26 Å². The maximum atomic E-state index is 12.5. The van der Waals surface area contributed by atoms with Gasteiger partial charge in [-0.25, -0.2) is 4.98 Å². The minimum Gasteiger partial charge on any atom is -0.396 e. The highest BCUT2D eigenvalue weighted by Crippen LogP contribution is 2.49. The number of aliphatic hydroxyl groups is 1. The molecule has 0 unspecified atom stereocenters. The molecule has 0 fully saturated rings. The standard InChI is InChI=1S/C22H23N3O2/c1-14-17-8-9-18-21(22(17,2)12-15(13-23)20(14)27)24-19(10-11-26)25(18)16-6-4-3-5-7-16/h3-7,12,14,17,26H,8-11H2,1-2H3/t14-,17-,22-/m0/s1. The van der Waals surface area contributed by atoms with Crippen LogP contribution in [-0.2, 0) is 23.1 Å². The van der Waals surface area contributed by atoms with Crippen LogP contribution in [0.4, 0.5) is 0 Å². The van der Waals surface area contributed by atoms with E-state index in [2.05, 4.69) is 17.6 Å². The molecule has 2 aliphatic carbocycles. The minimum absolute atomic E-state index is 0.0248. The fourth-order valence-corrected chi connectivity index (χ4v) is 4.92. The van der Waals surface area contributed by atoms with Crippen molar-refractivity contribution in [1.82, 2.24) is 9.55 Å². The number of nitrogens with zero attached hydrogens (tertiary/aromatic N) is 3. The quantitative estimate of drug-likeness (QED) is 0.912. The predicted molar refractivity (Wildman–Crippen MR) is 101 cm³/mol. The lowest BCUT2D eigenvalue weighted by atomic mass is 9.58. The van der Waals surface area contributed by atoms with Gasteiger partial charge in [0.1, 0.15) is 11.9 Å². The first-order valence-corrected chi connectivity index (χ1v) is 9.45. The van der Waals surface area contributed by atoms with Gasteiger partial charge in [-0.3, -0.25) is 4.79 Å². The Hall–Kier alpha value is -2.71. The average molecular weight is 361 g/mol. The summed E-state index contributed by atoms with van der Waals surface area (Å²) in [6, 6.07) is 12.1. The molecule has 138 valence electrons. The van der Waals surface area contributed by atoms with Crippen molar-refractivity contribution in [3.63, 3.8) is 0 Å². The summed E-state index contributed by atoms with van der Waals surface area (Å²) in [5.74, 6) is 0.718. The maximum absolute atomic E-state index is 12.5. The molecular weight excluding hydrogens is 338 g/mol. The zero-order chi connectivity index (χ0) is 19.2. The number of ketones is 1. The fourth-order valence-electron chi connectivity index (χ4n) is 4.92. The number of fused-ring (bicyclic) bond motifs is 3. The third-order valence-corrected chi connectivity index (χ3v) is 6.21. The highest BCUT2D eigenvalue weighted by Gasteiger charge is 2.50. The molecule has 0 saturated carbocycles. The second kappa shape index (κ2) is 6.47. The lowest BCUT2D eigenvalue weighted by Gasteiger charge is -2.44. The van der Waals surface area contributed by atoms with Crippen LogP contribution in [0.15, 0.2) is 42.0 Å². The number of rotatable bonds is 3. The van der Waals surface area contributed by atoms with Gasteiger partial charge in [0, 0.05) is 29.1 Å². The molecule has 2 aliphatic rings. The number of hydrogen-bond donors (Lipinski definition) is 1. The topological polar surface area (TPSA) is 78.9 Å². The molecule has 5 heteroatoms. The Morgan fingerprint density at radius 2 is 2.11 bits per heavy atom. The summed E-state index contributed by atoms with van der Waals surface area (Å²) >= 11 is 0.